The maximum Gasteiger partial charge on any atom is 0.269 e. The van der Waals surface area contributed by atoms with Gasteiger partial charge >= 0.3 is 0 Å². The fraction of sp³-hybridized carbons (Fsp3) is 0.353. The lowest BCUT2D eigenvalue weighted by Crippen LogP contribution is -2.38. The third kappa shape index (κ3) is 2.16. The zero-order valence-corrected chi connectivity index (χ0v) is 12.7. The van der Waals surface area contributed by atoms with Crippen molar-refractivity contribution in [3.05, 3.63) is 52.1 Å². The van der Waals surface area contributed by atoms with Crippen molar-refractivity contribution >= 4 is 23.7 Å². The summed E-state index contributed by atoms with van der Waals surface area (Å²) >= 11 is 0. The van der Waals surface area contributed by atoms with E-state index in [1.165, 1.54) is 30.5 Å². The average Bonchev–Trinajstić information content (AvgIpc) is 2.87. The van der Waals surface area contributed by atoms with E-state index in [0.29, 0.717) is 5.56 Å². The number of allylic oxidation sites excluding steroid dienone is 2. The molecule has 1 saturated carbocycles. The van der Waals surface area contributed by atoms with Gasteiger partial charge in [0, 0.05) is 12.1 Å². The molecular formula is C17H15N3O4. The molecule has 7 heteroatoms. The monoisotopic (exact) mass is 325 g/mol. The fourth-order valence-corrected chi connectivity index (χ4v) is 3.98. The molecule has 1 saturated heterocycles. The minimum atomic E-state index is -0.484. The van der Waals surface area contributed by atoms with Crippen molar-refractivity contribution in [1.29, 1.82) is 0 Å². The average molecular weight is 325 g/mol. The fourth-order valence-electron chi connectivity index (χ4n) is 3.98. The van der Waals surface area contributed by atoms with Crippen molar-refractivity contribution in [1.82, 2.24) is 5.01 Å². The third-order valence-electron chi connectivity index (χ3n) is 5.16. The van der Waals surface area contributed by atoms with Crippen LogP contribution in [0.5, 0.6) is 0 Å². The number of non-ortho nitro benzene ring substituents is 1. The summed E-state index contributed by atoms with van der Waals surface area (Å²) in [6, 6.07) is 5.79. The van der Waals surface area contributed by atoms with E-state index in [0.717, 1.165) is 17.9 Å². The Hall–Kier alpha value is -2.83. The molecule has 1 aromatic rings. The molecule has 1 aromatic carbocycles. The van der Waals surface area contributed by atoms with E-state index in [4.69, 9.17) is 0 Å². The summed E-state index contributed by atoms with van der Waals surface area (Å²) in [7, 11) is 0. The Morgan fingerprint density at radius 1 is 1.04 bits per heavy atom. The highest BCUT2D eigenvalue weighted by molar-refractivity contribution is 6.06. The maximum absolute atomic E-state index is 12.6. The first-order chi connectivity index (χ1) is 11.6. The van der Waals surface area contributed by atoms with Crippen LogP contribution in [0.15, 0.2) is 41.5 Å². The number of carbonyl (C=O) groups excluding carboxylic acids is 2. The molecule has 1 heterocycles. The zero-order chi connectivity index (χ0) is 16.8. The van der Waals surface area contributed by atoms with Gasteiger partial charge in [-0.1, -0.05) is 12.2 Å². The number of amides is 2. The molecule has 4 aliphatic rings. The van der Waals surface area contributed by atoms with Gasteiger partial charge in [0.15, 0.2) is 0 Å². The van der Waals surface area contributed by atoms with Crippen LogP contribution in [0.4, 0.5) is 5.69 Å². The quantitative estimate of drug-likeness (QED) is 0.280. The van der Waals surface area contributed by atoms with Gasteiger partial charge in [-0.3, -0.25) is 19.7 Å². The predicted molar refractivity (Wildman–Crippen MR) is 84.9 cm³/mol. The first-order valence-corrected chi connectivity index (χ1v) is 7.91. The Labute approximate surface area is 137 Å². The normalized spacial score (nSPS) is 31.1. The lowest BCUT2D eigenvalue weighted by molar-refractivity contribution is -0.384. The lowest BCUT2D eigenvalue weighted by atomic mass is 9.63. The summed E-state index contributed by atoms with van der Waals surface area (Å²) in [5, 5.41) is 15.7. The predicted octanol–water partition coefficient (Wildman–Crippen LogP) is 2.13. The first kappa shape index (κ1) is 14.7. The van der Waals surface area contributed by atoms with E-state index < -0.39 is 4.92 Å². The minimum absolute atomic E-state index is 0.0193. The van der Waals surface area contributed by atoms with Crippen LogP contribution in [0.25, 0.3) is 0 Å². The molecule has 3 aliphatic carbocycles. The van der Waals surface area contributed by atoms with E-state index in [2.05, 4.69) is 17.3 Å². The standard InChI is InChI=1S/C17H15N3O4/c21-16-14-11-3-4-12(6-5-11)15(14)17(22)19(16)18-9-10-1-7-13(8-2-10)20(23)24/h1-4,7-9,11-12,14-15H,5-6H2/b18-9-/t11-,12-,14-,15-/m0/s1. The Kier molecular flexibility index (Phi) is 3.30. The molecule has 4 atom stereocenters. The van der Waals surface area contributed by atoms with Crippen LogP contribution >= 0.6 is 0 Å². The highest BCUT2D eigenvalue weighted by atomic mass is 16.6. The second kappa shape index (κ2) is 5.36. The SMILES string of the molecule is O=C1[C@@H]2[C@@H](C(=O)N1/N=C\c1ccc([N+](=O)[O-])cc1)[C@H]1C=C[C@H]2CC1. The summed E-state index contributed by atoms with van der Waals surface area (Å²) in [5.41, 5.74) is 0.575. The summed E-state index contributed by atoms with van der Waals surface area (Å²) < 4.78 is 0. The third-order valence-corrected chi connectivity index (χ3v) is 5.16. The number of hydrogen-bond acceptors (Lipinski definition) is 5. The van der Waals surface area contributed by atoms with E-state index in [-0.39, 0.29) is 41.2 Å². The number of rotatable bonds is 3. The Morgan fingerprint density at radius 3 is 2.04 bits per heavy atom. The molecule has 5 rings (SSSR count). The van der Waals surface area contributed by atoms with Gasteiger partial charge < -0.3 is 0 Å². The molecule has 122 valence electrons. The highest BCUT2D eigenvalue weighted by Gasteiger charge is 2.56. The molecule has 24 heavy (non-hydrogen) atoms. The zero-order valence-electron chi connectivity index (χ0n) is 12.7. The molecule has 2 amide bonds. The molecule has 0 unspecified atom stereocenters. The molecule has 0 N–H and O–H groups in total. The summed E-state index contributed by atoms with van der Waals surface area (Å²) in [6.07, 6.45) is 7.41. The minimum Gasteiger partial charge on any atom is -0.272 e. The van der Waals surface area contributed by atoms with Crippen molar-refractivity contribution in [3.63, 3.8) is 0 Å². The van der Waals surface area contributed by atoms with E-state index in [1.807, 2.05) is 0 Å². The van der Waals surface area contributed by atoms with Crippen LogP contribution in [-0.4, -0.2) is 28.0 Å². The second-order valence-electron chi connectivity index (χ2n) is 6.42. The largest absolute Gasteiger partial charge is 0.272 e. The summed E-state index contributed by atoms with van der Waals surface area (Å²) in [4.78, 5) is 35.3. The Bertz CT molecular complexity index is 752. The number of nitrogens with zero attached hydrogens (tertiary/aromatic N) is 3. The van der Waals surface area contributed by atoms with Gasteiger partial charge in [0.05, 0.1) is 23.0 Å². The summed E-state index contributed by atoms with van der Waals surface area (Å²) in [6.45, 7) is 0. The number of carbonyl (C=O) groups is 2. The van der Waals surface area contributed by atoms with Gasteiger partial charge in [-0.15, -0.1) is 0 Å². The van der Waals surface area contributed by atoms with Crippen molar-refractivity contribution in [3.8, 4) is 0 Å². The number of hydrazone groups is 1. The number of fused-ring (bicyclic) bond motifs is 1. The molecule has 2 bridgehead atoms. The van der Waals surface area contributed by atoms with Gasteiger partial charge in [-0.2, -0.15) is 10.1 Å². The van der Waals surface area contributed by atoms with Crippen molar-refractivity contribution in [2.24, 2.45) is 28.8 Å². The van der Waals surface area contributed by atoms with Gasteiger partial charge in [0.2, 0.25) is 0 Å². The summed E-state index contributed by atoms with van der Waals surface area (Å²) in [5.74, 6) is -0.762. The van der Waals surface area contributed by atoms with Gasteiger partial charge in [-0.25, -0.2) is 0 Å². The van der Waals surface area contributed by atoms with Gasteiger partial charge in [-0.05, 0) is 42.4 Å². The lowest BCUT2D eigenvalue weighted by Gasteiger charge is -2.37. The number of imide groups is 1. The molecule has 0 spiro atoms. The van der Waals surface area contributed by atoms with Crippen LogP contribution in [0.2, 0.25) is 0 Å². The topological polar surface area (TPSA) is 92.9 Å². The Balaban J connectivity index is 1.56. The number of benzene rings is 1. The van der Waals surface area contributed by atoms with E-state index in [1.54, 1.807) is 0 Å². The smallest absolute Gasteiger partial charge is 0.269 e. The van der Waals surface area contributed by atoms with Crippen molar-refractivity contribution in [2.75, 3.05) is 0 Å². The number of nitro groups is 1. The van der Waals surface area contributed by atoms with Crippen LogP contribution in [0.1, 0.15) is 18.4 Å². The molecule has 0 aromatic heterocycles. The number of hydrogen-bond donors (Lipinski definition) is 0. The van der Waals surface area contributed by atoms with Gasteiger partial charge in [0.1, 0.15) is 0 Å². The molecule has 2 fully saturated rings. The van der Waals surface area contributed by atoms with Crippen molar-refractivity contribution in [2.45, 2.75) is 12.8 Å². The van der Waals surface area contributed by atoms with Crippen LogP contribution in [0, 0.1) is 33.8 Å². The number of nitro benzene ring substituents is 1. The van der Waals surface area contributed by atoms with Crippen molar-refractivity contribution < 1.29 is 14.5 Å². The molecule has 7 nitrogen and oxygen atoms in total. The molecular weight excluding hydrogens is 310 g/mol. The maximum atomic E-state index is 12.6. The Morgan fingerprint density at radius 2 is 1.58 bits per heavy atom. The molecule has 1 aliphatic heterocycles. The van der Waals surface area contributed by atoms with E-state index in [9.17, 15) is 19.7 Å². The van der Waals surface area contributed by atoms with E-state index >= 15 is 0 Å². The van der Waals surface area contributed by atoms with Crippen LogP contribution < -0.4 is 0 Å². The van der Waals surface area contributed by atoms with Crippen LogP contribution in [0.3, 0.4) is 0 Å². The second-order valence-corrected chi connectivity index (χ2v) is 6.42. The van der Waals surface area contributed by atoms with Crippen LogP contribution in [-0.2, 0) is 9.59 Å². The molecule has 0 radical (unpaired) electrons. The first-order valence-electron chi connectivity index (χ1n) is 7.91. The highest BCUT2D eigenvalue weighted by Crippen LogP contribution is 2.49. The van der Waals surface area contributed by atoms with Gasteiger partial charge in [0.25, 0.3) is 17.5 Å².